The van der Waals surface area contributed by atoms with Crippen molar-refractivity contribution in [1.82, 2.24) is 0 Å². The van der Waals surface area contributed by atoms with Crippen molar-refractivity contribution in [2.75, 3.05) is 0 Å². The van der Waals surface area contributed by atoms with Crippen molar-refractivity contribution in [3.8, 4) is 44.9 Å². The number of phenolic OH excluding ortho intramolecular Hbond substituents is 1. The molecule has 0 radical (unpaired) electrons. The molecule has 3 nitrogen and oxygen atoms in total. The highest BCUT2D eigenvalue weighted by molar-refractivity contribution is 5.91. The van der Waals surface area contributed by atoms with Crippen LogP contribution in [0.15, 0.2) is 158 Å². The number of esters is 1. The molecule has 0 atom stereocenters. The molecule has 0 fully saturated rings. The molecule has 7 rings (SSSR count). The lowest BCUT2D eigenvalue weighted by atomic mass is 9.67. The van der Waals surface area contributed by atoms with Crippen molar-refractivity contribution in [3.05, 3.63) is 180 Å². The number of aromatic hydroxyl groups is 1. The standard InChI is InChI=1S/C41H30O3/c1-27(2)40(43)44-39-24-22-31(26-35(39)29-15-7-4-8-16-29)41(30-21-23-38(42)34(25-30)28-13-5-3-6-14-28)36-19-11-9-17-32(36)33-18-10-12-20-37(33)41/h3-26,42H,1H2,2H3. The Hall–Kier alpha value is -5.67. The predicted molar refractivity (Wildman–Crippen MR) is 177 cm³/mol. The van der Waals surface area contributed by atoms with Crippen LogP contribution in [0.5, 0.6) is 11.5 Å². The summed E-state index contributed by atoms with van der Waals surface area (Å²) in [5.41, 5.74) is 9.73. The minimum atomic E-state index is -0.717. The monoisotopic (exact) mass is 570 g/mol. The largest absolute Gasteiger partial charge is 0.507 e. The number of fused-ring (bicyclic) bond motifs is 3. The van der Waals surface area contributed by atoms with Crippen LogP contribution in [0.25, 0.3) is 33.4 Å². The van der Waals surface area contributed by atoms with Crippen molar-refractivity contribution in [2.24, 2.45) is 0 Å². The van der Waals surface area contributed by atoms with Gasteiger partial charge in [-0.05, 0) is 75.7 Å². The van der Waals surface area contributed by atoms with Gasteiger partial charge in [0.15, 0.2) is 0 Å². The summed E-state index contributed by atoms with van der Waals surface area (Å²) in [6.45, 7) is 5.43. The zero-order valence-corrected chi connectivity index (χ0v) is 24.3. The molecule has 3 heteroatoms. The zero-order chi connectivity index (χ0) is 30.3. The summed E-state index contributed by atoms with van der Waals surface area (Å²) in [6, 6.07) is 49.0. The minimum Gasteiger partial charge on any atom is -0.507 e. The van der Waals surface area contributed by atoms with E-state index >= 15 is 0 Å². The molecule has 0 heterocycles. The molecule has 6 aromatic rings. The second-order valence-electron chi connectivity index (χ2n) is 11.2. The molecule has 212 valence electrons. The van der Waals surface area contributed by atoms with Crippen LogP contribution in [-0.2, 0) is 10.2 Å². The van der Waals surface area contributed by atoms with Crippen LogP contribution < -0.4 is 4.74 Å². The van der Waals surface area contributed by atoms with Gasteiger partial charge in [0.2, 0.25) is 0 Å². The van der Waals surface area contributed by atoms with Gasteiger partial charge in [0.05, 0.1) is 5.41 Å². The van der Waals surface area contributed by atoms with E-state index in [4.69, 9.17) is 4.74 Å². The van der Waals surface area contributed by atoms with Gasteiger partial charge >= 0.3 is 5.97 Å². The Morgan fingerprint density at radius 2 is 1.07 bits per heavy atom. The molecule has 0 spiro atoms. The van der Waals surface area contributed by atoms with Crippen LogP contribution >= 0.6 is 0 Å². The third kappa shape index (κ3) is 4.33. The highest BCUT2D eigenvalue weighted by Gasteiger charge is 2.46. The van der Waals surface area contributed by atoms with Gasteiger partial charge < -0.3 is 9.84 Å². The third-order valence-electron chi connectivity index (χ3n) is 8.52. The van der Waals surface area contributed by atoms with E-state index in [2.05, 4.69) is 73.3 Å². The van der Waals surface area contributed by atoms with Crippen LogP contribution in [0.2, 0.25) is 0 Å². The fourth-order valence-electron chi connectivity index (χ4n) is 6.52. The summed E-state index contributed by atoms with van der Waals surface area (Å²) < 4.78 is 5.88. The molecule has 1 aliphatic rings. The lowest BCUT2D eigenvalue weighted by Gasteiger charge is -2.35. The Bertz CT molecular complexity index is 2000. The first kappa shape index (κ1) is 27.2. The molecule has 0 unspecified atom stereocenters. The van der Waals surface area contributed by atoms with Gasteiger partial charge in [0.1, 0.15) is 11.5 Å². The molecule has 0 aliphatic heterocycles. The highest BCUT2D eigenvalue weighted by Crippen LogP contribution is 2.57. The van der Waals surface area contributed by atoms with E-state index in [0.29, 0.717) is 11.3 Å². The van der Waals surface area contributed by atoms with Crippen LogP contribution in [0, 0.1) is 0 Å². The lowest BCUT2D eigenvalue weighted by molar-refractivity contribution is -0.130. The average Bonchev–Trinajstić information content (AvgIpc) is 3.37. The number of benzene rings is 6. The summed E-state index contributed by atoms with van der Waals surface area (Å²) in [5.74, 6) is 0.229. The molecule has 1 N–H and O–H groups in total. The van der Waals surface area contributed by atoms with Gasteiger partial charge in [-0.1, -0.05) is 128 Å². The maximum Gasteiger partial charge on any atom is 0.338 e. The fraction of sp³-hybridized carbons (Fsp3) is 0.0488. The molecule has 1 aliphatic carbocycles. The van der Waals surface area contributed by atoms with Crippen molar-refractivity contribution in [3.63, 3.8) is 0 Å². The number of rotatable bonds is 6. The van der Waals surface area contributed by atoms with Crippen molar-refractivity contribution < 1.29 is 14.6 Å². The molecule has 6 aromatic carbocycles. The second kappa shape index (κ2) is 10.9. The zero-order valence-electron chi connectivity index (χ0n) is 24.3. The number of hydrogen-bond acceptors (Lipinski definition) is 3. The number of carbonyl (C=O) groups excluding carboxylic acids is 1. The number of carbonyl (C=O) groups is 1. The highest BCUT2D eigenvalue weighted by atomic mass is 16.5. The Labute approximate surface area is 257 Å². The van der Waals surface area contributed by atoms with E-state index in [1.165, 1.54) is 0 Å². The van der Waals surface area contributed by atoms with Gasteiger partial charge in [-0.3, -0.25) is 0 Å². The molecular weight excluding hydrogens is 540 g/mol. The smallest absolute Gasteiger partial charge is 0.338 e. The number of ether oxygens (including phenoxy) is 1. The Morgan fingerprint density at radius 3 is 1.64 bits per heavy atom. The maximum atomic E-state index is 12.7. The van der Waals surface area contributed by atoms with Gasteiger partial charge in [-0.15, -0.1) is 0 Å². The number of hydrogen-bond donors (Lipinski definition) is 1. The first-order valence-electron chi connectivity index (χ1n) is 14.6. The molecule has 0 saturated heterocycles. The summed E-state index contributed by atoms with van der Waals surface area (Å²) in [7, 11) is 0. The Morgan fingerprint density at radius 1 is 0.591 bits per heavy atom. The molecular formula is C41H30O3. The Kier molecular flexibility index (Phi) is 6.71. The topological polar surface area (TPSA) is 46.5 Å². The first-order valence-corrected chi connectivity index (χ1v) is 14.6. The summed E-state index contributed by atoms with van der Waals surface area (Å²) >= 11 is 0. The molecule has 0 saturated carbocycles. The first-order chi connectivity index (χ1) is 21.5. The van der Waals surface area contributed by atoms with E-state index in [1.807, 2.05) is 72.8 Å². The van der Waals surface area contributed by atoms with Crippen LogP contribution in [0.1, 0.15) is 29.2 Å². The lowest BCUT2D eigenvalue weighted by Crippen LogP contribution is -2.28. The van der Waals surface area contributed by atoms with Crippen molar-refractivity contribution >= 4 is 5.97 Å². The molecule has 0 bridgehead atoms. The predicted octanol–water partition coefficient (Wildman–Crippen LogP) is 9.57. The molecule has 0 amide bonds. The van der Waals surface area contributed by atoms with E-state index < -0.39 is 11.4 Å². The summed E-state index contributed by atoms with van der Waals surface area (Å²) in [4.78, 5) is 12.7. The minimum absolute atomic E-state index is 0.224. The van der Waals surface area contributed by atoms with Gasteiger partial charge in [-0.2, -0.15) is 0 Å². The number of phenols is 1. The summed E-state index contributed by atoms with van der Waals surface area (Å²) in [5, 5.41) is 11.1. The van der Waals surface area contributed by atoms with E-state index in [-0.39, 0.29) is 5.75 Å². The van der Waals surface area contributed by atoms with Gasteiger partial charge in [0.25, 0.3) is 0 Å². The fourth-order valence-corrected chi connectivity index (χ4v) is 6.52. The van der Waals surface area contributed by atoms with Gasteiger partial charge in [-0.25, -0.2) is 4.79 Å². The van der Waals surface area contributed by atoms with Gasteiger partial charge in [0, 0.05) is 16.7 Å². The SMILES string of the molecule is C=C(C)C(=O)Oc1ccc(C2(c3ccc(O)c(-c4ccccc4)c3)c3ccccc3-c3ccccc32)cc1-c1ccccc1. The van der Waals surface area contributed by atoms with Crippen LogP contribution in [-0.4, -0.2) is 11.1 Å². The van der Waals surface area contributed by atoms with E-state index in [9.17, 15) is 9.90 Å². The average molecular weight is 571 g/mol. The molecule has 44 heavy (non-hydrogen) atoms. The molecule has 0 aromatic heterocycles. The van der Waals surface area contributed by atoms with Crippen molar-refractivity contribution in [2.45, 2.75) is 12.3 Å². The maximum absolute atomic E-state index is 12.7. The van der Waals surface area contributed by atoms with Crippen LogP contribution in [0.4, 0.5) is 0 Å². The second-order valence-corrected chi connectivity index (χ2v) is 11.2. The quantitative estimate of drug-likeness (QED) is 0.123. The van der Waals surface area contributed by atoms with E-state index in [1.54, 1.807) is 13.0 Å². The van der Waals surface area contributed by atoms with E-state index in [0.717, 1.165) is 55.6 Å². The van der Waals surface area contributed by atoms with Crippen molar-refractivity contribution in [1.29, 1.82) is 0 Å². The van der Waals surface area contributed by atoms with Crippen LogP contribution in [0.3, 0.4) is 0 Å². The summed E-state index contributed by atoms with van der Waals surface area (Å²) in [6.07, 6.45) is 0. The third-order valence-corrected chi connectivity index (χ3v) is 8.52. The normalized spacial score (nSPS) is 12.7. The Balaban J connectivity index is 1.56.